The van der Waals surface area contributed by atoms with E-state index in [9.17, 15) is 0 Å². The molecule has 124 valence electrons. The van der Waals surface area contributed by atoms with Crippen molar-refractivity contribution in [2.75, 3.05) is 19.6 Å². The van der Waals surface area contributed by atoms with Crippen LogP contribution in [0.3, 0.4) is 0 Å². The molecule has 0 aromatic heterocycles. The molecule has 2 saturated carbocycles. The van der Waals surface area contributed by atoms with Crippen molar-refractivity contribution in [3.05, 3.63) is 0 Å². The molecule has 2 unspecified atom stereocenters. The summed E-state index contributed by atoms with van der Waals surface area (Å²) in [5.74, 6) is 2.53. The van der Waals surface area contributed by atoms with Gasteiger partial charge in [0.1, 0.15) is 0 Å². The zero-order chi connectivity index (χ0) is 15.2. The minimum Gasteiger partial charge on any atom is -0.316 e. The highest BCUT2D eigenvalue weighted by molar-refractivity contribution is 4.94. The van der Waals surface area contributed by atoms with Crippen LogP contribution in [-0.4, -0.2) is 36.6 Å². The van der Waals surface area contributed by atoms with Crippen molar-refractivity contribution in [1.82, 2.24) is 10.2 Å². The highest BCUT2D eigenvalue weighted by Crippen LogP contribution is 2.37. The van der Waals surface area contributed by atoms with E-state index in [0.717, 1.165) is 29.8 Å². The quantitative estimate of drug-likeness (QED) is 0.682. The highest BCUT2D eigenvalue weighted by Gasteiger charge is 2.38. The lowest BCUT2D eigenvalue weighted by Gasteiger charge is -2.47. The zero-order valence-corrected chi connectivity index (χ0v) is 14.9. The molecule has 2 aliphatic carbocycles. The van der Waals surface area contributed by atoms with Gasteiger partial charge in [-0.05, 0) is 69.5 Å². The lowest BCUT2D eigenvalue weighted by Crippen LogP contribution is -2.54. The minimum absolute atomic E-state index is 0.774. The molecule has 1 N–H and O–H groups in total. The molecule has 0 aliphatic heterocycles. The molecule has 0 heterocycles. The van der Waals surface area contributed by atoms with Gasteiger partial charge in [-0.15, -0.1) is 0 Å². The van der Waals surface area contributed by atoms with Crippen molar-refractivity contribution in [2.45, 2.75) is 84.7 Å². The van der Waals surface area contributed by atoms with Crippen LogP contribution in [0, 0.1) is 17.8 Å². The van der Waals surface area contributed by atoms with E-state index in [2.05, 4.69) is 37.9 Å². The standard InChI is InChI=1S/C19H38N2/c1-15(2)11-12-21(18-7-5-6-8-18)19-10-9-17(19)14-20-13-16(3)4/h15-20H,5-14H2,1-4H3. The van der Waals surface area contributed by atoms with E-state index in [1.54, 1.807) is 0 Å². The molecule has 0 bridgehead atoms. The summed E-state index contributed by atoms with van der Waals surface area (Å²) in [7, 11) is 0. The third-order valence-corrected chi connectivity index (χ3v) is 5.52. The Kier molecular flexibility index (Phi) is 7.01. The molecule has 21 heavy (non-hydrogen) atoms. The van der Waals surface area contributed by atoms with Gasteiger partial charge in [-0.3, -0.25) is 4.90 Å². The number of rotatable bonds is 9. The average Bonchev–Trinajstić information content (AvgIpc) is 2.91. The monoisotopic (exact) mass is 294 g/mol. The number of nitrogens with one attached hydrogen (secondary N) is 1. The van der Waals surface area contributed by atoms with Gasteiger partial charge in [-0.2, -0.15) is 0 Å². The van der Waals surface area contributed by atoms with E-state index < -0.39 is 0 Å². The summed E-state index contributed by atoms with van der Waals surface area (Å²) in [5, 5.41) is 3.70. The summed E-state index contributed by atoms with van der Waals surface area (Å²) in [5.41, 5.74) is 0. The fraction of sp³-hybridized carbons (Fsp3) is 1.00. The van der Waals surface area contributed by atoms with Crippen LogP contribution in [-0.2, 0) is 0 Å². The Morgan fingerprint density at radius 2 is 1.67 bits per heavy atom. The van der Waals surface area contributed by atoms with Crippen molar-refractivity contribution in [1.29, 1.82) is 0 Å². The van der Waals surface area contributed by atoms with Crippen molar-refractivity contribution in [3.8, 4) is 0 Å². The van der Waals surface area contributed by atoms with E-state index in [4.69, 9.17) is 0 Å². The first-order valence-corrected chi connectivity index (χ1v) is 9.54. The van der Waals surface area contributed by atoms with Crippen LogP contribution in [0.5, 0.6) is 0 Å². The van der Waals surface area contributed by atoms with Crippen LogP contribution in [0.2, 0.25) is 0 Å². The Hall–Kier alpha value is -0.0800. The summed E-state index contributed by atoms with van der Waals surface area (Å²) >= 11 is 0. The maximum Gasteiger partial charge on any atom is 0.0139 e. The van der Waals surface area contributed by atoms with E-state index in [0.29, 0.717) is 0 Å². The highest BCUT2D eigenvalue weighted by atomic mass is 15.2. The fourth-order valence-electron chi connectivity index (χ4n) is 4.05. The van der Waals surface area contributed by atoms with Gasteiger partial charge in [-0.1, -0.05) is 40.5 Å². The van der Waals surface area contributed by atoms with Gasteiger partial charge >= 0.3 is 0 Å². The van der Waals surface area contributed by atoms with Crippen LogP contribution in [0.4, 0.5) is 0 Å². The second kappa shape index (κ2) is 8.53. The molecular weight excluding hydrogens is 256 g/mol. The summed E-state index contributed by atoms with van der Waals surface area (Å²) in [6.45, 7) is 13.1. The second-order valence-corrected chi connectivity index (χ2v) is 8.32. The fourth-order valence-corrected chi connectivity index (χ4v) is 4.05. The van der Waals surface area contributed by atoms with Gasteiger partial charge in [0.2, 0.25) is 0 Å². The summed E-state index contributed by atoms with van der Waals surface area (Å²) in [6, 6.07) is 1.79. The van der Waals surface area contributed by atoms with E-state index >= 15 is 0 Å². The van der Waals surface area contributed by atoms with Crippen molar-refractivity contribution >= 4 is 0 Å². The van der Waals surface area contributed by atoms with E-state index in [1.807, 2.05) is 0 Å². The van der Waals surface area contributed by atoms with Gasteiger partial charge in [0.05, 0.1) is 0 Å². The van der Waals surface area contributed by atoms with Crippen LogP contribution in [0.25, 0.3) is 0 Å². The first-order chi connectivity index (χ1) is 10.1. The Labute approximate surface area is 133 Å². The van der Waals surface area contributed by atoms with Crippen LogP contribution in [0.1, 0.15) is 72.6 Å². The molecule has 0 radical (unpaired) electrons. The van der Waals surface area contributed by atoms with Gasteiger partial charge in [-0.25, -0.2) is 0 Å². The Balaban J connectivity index is 1.83. The predicted molar refractivity (Wildman–Crippen MR) is 92.6 cm³/mol. The maximum absolute atomic E-state index is 3.70. The molecular formula is C19H38N2. The van der Waals surface area contributed by atoms with Crippen LogP contribution >= 0.6 is 0 Å². The second-order valence-electron chi connectivity index (χ2n) is 8.32. The predicted octanol–water partition coefficient (Wildman–Crippen LogP) is 4.30. The number of hydrogen-bond donors (Lipinski definition) is 1. The first kappa shape index (κ1) is 17.3. The van der Waals surface area contributed by atoms with E-state index in [1.165, 1.54) is 64.6 Å². The molecule has 0 aromatic carbocycles. The normalized spacial score (nSPS) is 27.0. The summed E-state index contributed by atoms with van der Waals surface area (Å²) < 4.78 is 0. The number of hydrogen-bond acceptors (Lipinski definition) is 2. The Bertz CT molecular complexity index is 281. The molecule has 0 aromatic rings. The average molecular weight is 295 g/mol. The lowest BCUT2D eigenvalue weighted by molar-refractivity contribution is 0.0251. The van der Waals surface area contributed by atoms with Gasteiger partial charge < -0.3 is 5.32 Å². The van der Waals surface area contributed by atoms with Gasteiger partial charge in [0, 0.05) is 12.1 Å². The van der Waals surface area contributed by atoms with Crippen LogP contribution < -0.4 is 5.32 Å². The van der Waals surface area contributed by atoms with Gasteiger partial charge in [0.25, 0.3) is 0 Å². The smallest absolute Gasteiger partial charge is 0.0139 e. The third-order valence-electron chi connectivity index (χ3n) is 5.52. The summed E-state index contributed by atoms with van der Waals surface area (Å²) in [6.07, 6.45) is 10.1. The molecule has 2 aliphatic rings. The summed E-state index contributed by atoms with van der Waals surface area (Å²) in [4.78, 5) is 2.93. The first-order valence-electron chi connectivity index (χ1n) is 9.54. The molecule has 2 rings (SSSR count). The van der Waals surface area contributed by atoms with E-state index in [-0.39, 0.29) is 0 Å². The van der Waals surface area contributed by atoms with Crippen molar-refractivity contribution in [2.24, 2.45) is 17.8 Å². The topological polar surface area (TPSA) is 15.3 Å². The molecule has 2 heteroatoms. The Morgan fingerprint density at radius 3 is 2.19 bits per heavy atom. The SMILES string of the molecule is CC(C)CCN(C1CCCC1)C1CCC1CNCC(C)C. The van der Waals surface area contributed by atoms with Crippen molar-refractivity contribution < 1.29 is 0 Å². The molecule has 2 atom stereocenters. The zero-order valence-electron chi connectivity index (χ0n) is 14.9. The molecule has 2 nitrogen and oxygen atoms in total. The maximum atomic E-state index is 3.70. The van der Waals surface area contributed by atoms with Crippen LogP contribution in [0.15, 0.2) is 0 Å². The largest absolute Gasteiger partial charge is 0.316 e. The minimum atomic E-state index is 0.774. The molecule has 0 spiro atoms. The third kappa shape index (κ3) is 5.25. The Morgan fingerprint density at radius 1 is 0.952 bits per heavy atom. The number of nitrogens with zero attached hydrogens (tertiary/aromatic N) is 1. The van der Waals surface area contributed by atoms with Gasteiger partial charge in [0.15, 0.2) is 0 Å². The molecule has 0 saturated heterocycles. The lowest BCUT2D eigenvalue weighted by atomic mass is 9.77. The molecule has 0 amide bonds. The van der Waals surface area contributed by atoms with Crippen molar-refractivity contribution in [3.63, 3.8) is 0 Å². The molecule has 2 fully saturated rings.